The monoisotopic (exact) mass is 562 g/mol. The Bertz CT molecular complexity index is 1260. The zero-order chi connectivity index (χ0) is 27.9. The van der Waals surface area contributed by atoms with Gasteiger partial charge in [0.05, 0.1) is 18.1 Å². The number of ether oxygens (including phenoxy) is 2. The van der Waals surface area contributed by atoms with Crippen molar-refractivity contribution >= 4 is 28.9 Å². The Hall–Kier alpha value is -3.06. The van der Waals surface area contributed by atoms with Crippen LogP contribution in [-0.4, -0.2) is 35.2 Å². The van der Waals surface area contributed by atoms with Crippen molar-refractivity contribution in [2.45, 2.75) is 89.3 Å². The van der Waals surface area contributed by atoms with Gasteiger partial charge in [0.25, 0.3) is 5.91 Å². The van der Waals surface area contributed by atoms with E-state index in [1.165, 1.54) is 49.6 Å². The lowest BCUT2D eigenvalue weighted by molar-refractivity contribution is -0.124. The Morgan fingerprint density at radius 3 is 2.42 bits per heavy atom. The molecule has 2 aromatic rings. The van der Waals surface area contributed by atoms with Gasteiger partial charge in [-0.3, -0.25) is 14.7 Å². The standard InChI is InChI=1S/C33H39FN2O3S/c1-3-10-25-19-24(20-29(38-2)31(25)39-22-23-15-17-26(34)18-16-23)21-30-32(37)36(28-13-8-5-9-14-28)33(40-30)35-27-11-6-4-7-12-27/h3,15-21,27-28H,1,4-14,22H2,2H3. The second-order valence-corrected chi connectivity index (χ2v) is 11.9. The Morgan fingerprint density at radius 2 is 1.75 bits per heavy atom. The number of benzene rings is 2. The summed E-state index contributed by atoms with van der Waals surface area (Å²) in [6.07, 6.45) is 15.9. The first-order valence-electron chi connectivity index (χ1n) is 14.6. The van der Waals surface area contributed by atoms with Crippen LogP contribution in [0.4, 0.5) is 4.39 Å². The van der Waals surface area contributed by atoms with Gasteiger partial charge in [0.15, 0.2) is 16.7 Å². The van der Waals surface area contributed by atoms with Gasteiger partial charge in [0, 0.05) is 11.6 Å². The van der Waals surface area contributed by atoms with Crippen LogP contribution in [0.15, 0.2) is 59.0 Å². The van der Waals surface area contributed by atoms with Crippen LogP contribution < -0.4 is 9.47 Å². The number of halogens is 1. The van der Waals surface area contributed by atoms with E-state index in [9.17, 15) is 9.18 Å². The fourth-order valence-electron chi connectivity index (χ4n) is 5.88. The number of allylic oxidation sites excluding steroid dienone is 1. The van der Waals surface area contributed by atoms with Crippen LogP contribution in [0.25, 0.3) is 6.08 Å². The van der Waals surface area contributed by atoms with Crippen molar-refractivity contribution in [3.8, 4) is 11.5 Å². The van der Waals surface area contributed by atoms with Gasteiger partial charge in [-0.25, -0.2) is 4.39 Å². The summed E-state index contributed by atoms with van der Waals surface area (Å²) in [5, 5.41) is 0.882. The fraction of sp³-hybridized carbons (Fsp3) is 0.455. The molecule has 1 heterocycles. The van der Waals surface area contributed by atoms with Crippen LogP contribution in [-0.2, 0) is 17.8 Å². The van der Waals surface area contributed by atoms with Crippen LogP contribution >= 0.6 is 11.8 Å². The molecule has 40 heavy (non-hydrogen) atoms. The lowest BCUT2D eigenvalue weighted by Crippen LogP contribution is -2.41. The predicted octanol–water partition coefficient (Wildman–Crippen LogP) is 8.08. The minimum absolute atomic E-state index is 0.0623. The molecule has 0 radical (unpaired) electrons. The number of methoxy groups -OCH3 is 1. The summed E-state index contributed by atoms with van der Waals surface area (Å²) in [6.45, 7) is 4.20. The average molecular weight is 563 g/mol. The molecular weight excluding hydrogens is 523 g/mol. The van der Waals surface area contributed by atoms with Gasteiger partial charge >= 0.3 is 0 Å². The van der Waals surface area contributed by atoms with Crippen LogP contribution in [0.3, 0.4) is 0 Å². The van der Waals surface area contributed by atoms with E-state index < -0.39 is 0 Å². The van der Waals surface area contributed by atoms with Crippen LogP contribution in [0, 0.1) is 5.82 Å². The third-order valence-electron chi connectivity index (χ3n) is 7.98. The Labute approximate surface area is 241 Å². The number of rotatable bonds is 9. The maximum absolute atomic E-state index is 13.8. The summed E-state index contributed by atoms with van der Waals surface area (Å²) in [4.78, 5) is 21.7. The Kier molecular flexibility index (Phi) is 9.63. The van der Waals surface area contributed by atoms with E-state index >= 15 is 0 Å². The maximum Gasteiger partial charge on any atom is 0.266 e. The molecule has 0 atom stereocenters. The lowest BCUT2D eigenvalue weighted by Gasteiger charge is -2.31. The molecule has 1 aliphatic heterocycles. The molecule has 1 saturated heterocycles. The number of carbonyl (C=O) groups is 1. The summed E-state index contributed by atoms with van der Waals surface area (Å²) >= 11 is 1.52. The minimum atomic E-state index is -0.278. The van der Waals surface area contributed by atoms with Crippen molar-refractivity contribution < 1.29 is 18.7 Å². The average Bonchev–Trinajstić information content (AvgIpc) is 3.28. The number of aliphatic imine (C=N–C) groups is 1. The number of nitrogens with zero attached hydrogens (tertiary/aromatic N) is 2. The molecule has 0 spiro atoms. The smallest absolute Gasteiger partial charge is 0.266 e. The number of hydrogen-bond acceptors (Lipinski definition) is 5. The minimum Gasteiger partial charge on any atom is -0.493 e. The van der Waals surface area contributed by atoms with Crippen LogP contribution in [0.2, 0.25) is 0 Å². The summed E-state index contributed by atoms with van der Waals surface area (Å²) in [6, 6.07) is 10.8. The molecule has 3 aliphatic rings. The SMILES string of the molecule is C=CCc1cc(C=C2SC(=NC3CCCCC3)N(C3CCCCC3)C2=O)cc(OC)c1OCc1ccc(F)cc1. The first-order valence-corrected chi connectivity index (χ1v) is 15.4. The highest BCUT2D eigenvalue weighted by Gasteiger charge is 2.39. The van der Waals surface area contributed by atoms with Gasteiger partial charge in [-0.1, -0.05) is 56.7 Å². The molecule has 0 aromatic heterocycles. The summed E-state index contributed by atoms with van der Waals surface area (Å²) in [7, 11) is 1.61. The molecule has 3 fully saturated rings. The van der Waals surface area contributed by atoms with Crippen molar-refractivity contribution in [1.29, 1.82) is 0 Å². The molecular formula is C33H39FN2O3S. The predicted molar refractivity (Wildman–Crippen MR) is 161 cm³/mol. The number of thioether (sulfide) groups is 1. The normalized spacial score (nSPS) is 20.9. The second kappa shape index (κ2) is 13.5. The van der Waals surface area contributed by atoms with Gasteiger partial charge in [-0.2, -0.15) is 0 Å². The van der Waals surface area contributed by atoms with Crippen molar-refractivity contribution in [3.05, 3.63) is 76.5 Å². The van der Waals surface area contributed by atoms with E-state index in [0.717, 1.165) is 60.4 Å². The highest BCUT2D eigenvalue weighted by molar-refractivity contribution is 8.18. The molecule has 5 rings (SSSR count). The summed E-state index contributed by atoms with van der Waals surface area (Å²) in [5.41, 5.74) is 2.65. The van der Waals surface area contributed by atoms with E-state index in [4.69, 9.17) is 14.5 Å². The van der Waals surface area contributed by atoms with Gasteiger partial charge < -0.3 is 9.47 Å². The lowest BCUT2D eigenvalue weighted by atomic mass is 9.94. The van der Waals surface area contributed by atoms with E-state index in [2.05, 4.69) is 6.58 Å². The van der Waals surface area contributed by atoms with Crippen molar-refractivity contribution in [3.63, 3.8) is 0 Å². The quantitative estimate of drug-likeness (QED) is 0.229. The maximum atomic E-state index is 13.8. The van der Waals surface area contributed by atoms with E-state index in [1.807, 2.05) is 29.2 Å². The molecule has 2 saturated carbocycles. The molecule has 0 unspecified atom stereocenters. The Balaban J connectivity index is 1.44. The number of amides is 1. The second-order valence-electron chi connectivity index (χ2n) is 10.9. The van der Waals surface area contributed by atoms with Crippen LogP contribution in [0.1, 0.15) is 80.9 Å². The number of amidine groups is 1. The van der Waals surface area contributed by atoms with E-state index in [-0.39, 0.29) is 24.4 Å². The molecule has 2 aliphatic carbocycles. The molecule has 5 nitrogen and oxygen atoms in total. The van der Waals surface area contributed by atoms with Gasteiger partial charge in [-0.05, 0) is 85.3 Å². The van der Waals surface area contributed by atoms with Gasteiger partial charge in [-0.15, -0.1) is 6.58 Å². The summed E-state index contributed by atoms with van der Waals surface area (Å²) in [5.74, 6) is 0.998. The third-order valence-corrected chi connectivity index (χ3v) is 8.97. The molecule has 0 N–H and O–H groups in total. The topological polar surface area (TPSA) is 51.1 Å². The van der Waals surface area contributed by atoms with E-state index in [0.29, 0.717) is 28.9 Å². The van der Waals surface area contributed by atoms with Crippen molar-refractivity contribution in [2.75, 3.05) is 7.11 Å². The molecule has 212 valence electrons. The first kappa shape index (κ1) is 28.5. The molecule has 1 amide bonds. The van der Waals surface area contributed by atoms with Crippen molar-refractivity contribution in [1.82, 2.24) is 4.90 Å². The largest absolute Gasteiger partial charge is 0.493 e. The Morgan fingerprint density at radius 1 is 1.05 bits per heavy atom. The first-order chi connectivity index (χ1) is 19.6. The van der Waals surface area contributed by atoms with Crippen LogP contribution in [0.5, 0.6) is 11.5 Å². The van der Waals surface area contributed by atoms with E-state index in [1.54, 1.807) is 19.2 Å². The molecule has 0 bridgehead atoms. The van der Waals surface area contributed by atoms with Gasteiger partial charge in [0.2, 0.25) is 0 Å². The highest BCUT2D eigenvalue weighted by atomic mass is 32.2. The zero-order valence-corrected chi connectivity index (χ0v) is 24.2. The third kappa shape index (κ3) is 6.80. The molecule has 7 heteroatoms. The fourth-order valence-corrected chi connectivity index (χ4v) is 6.99. The number of carbonyl (C=O) groups excluding carboxylic acids is 1. The van der Waals surface area contributed by atoms with Crippen molar-refractivity contribution in [2.24, 2.45) is 4.99 Å². The summed E-state index contributed by atoms with van der Waals surface area (Å²) < 4.78 is 25.2. The zero-order valence-electron chi connectivity index (χ0n) is 23.4. The molecule has 2 aromatic carbocycles. The highest BCUT2D eigenvalue weighted by Crippen LogP contribution is 2.40. The number of hydrogen-bond donors (Lipinski definition) is 0. The van der Waals surface area contributed by atoms with Gasteiger partial charge in [0.1, 0.15) is 12.4 Å².